The molecule has 2 N–H and O–H groups in total. The van der Waals surface area contributed by atoms with Gasteiger partial charge in [-0.25, -0.2) is 10.5 Å². The summed E-state index contributed by atoms with van der Waals surface area (Å²) < 4.78 is 2.34. The van der Waals surface area contributed by atoms with Crippen molar-refractivity contribution < 1.29 is 0 Å². The van der Waals surface area contributed by atoms with Gasteiger partial charge in [0.25, 0.3) is 0 Å². The average Bonchev–Trinajstić information content (AvgIpc) is 3.24. The van der Waals surface area contributed by atoms with Crippen LogP contribution in [-0.4, -0.2) is 39.6 Å². The Balaban J connectivity index is 1.87. The van der Waals surface area contributed by atoms with E-state index in [1.54, 1.807) is 13.1 Å². The van der Waals surface area contributed by atoms with Crippen LogP contribution in [0.5, 0.6) is 0 Å². The van der Waals surface area contributed by atoms with Crippen LogP contribution in [0.1, 0.15) is 25.2 Å². The van der Waals surface area contributed by atoms with Gasteiger partial charge in [-0.3, -0.25) is 4.98 Å². The quantitative estimate of drug-likeness (QED) is 0.650. The fraction of sp³-hybridized carbons (Fsp3) is 0.368. The molecule has 0 bridgehead atoms. The molecule has 27 heavy (non-hydrogen) atoms. The number of nitrogens with zero attached hydrogens (tertiary/aromatic N) is 5. The van der Waals surface area contributed by atoms with E-state index in [9.17, 15) is 0 Å². The lowest BCUT2D eigenvalue weighted by Gasteiger charge is -2.18. The van der Waals surface area contributed by atoms with E-state index in [0.717, 1.165) is 47.3 Å². The van der Waals surface area contributed by atoms with Gasteiger partial charge in [0, 0.05) is 29.2 Å². The first-order valence-corrected chi connectivity index (χ1v) is 9.36. The van der Waals surface area contributed by atoms with E-state index in [1.165, 1.54) is 0 Å². The van der Waals surface area contributed by atoms with E-state index >= 15 is 0 Å². The summed E-state index contributed by atoms with van der Waals surface area (Å²) in [6.45, 7) is 4.40. The molecule has 0 spiro atoms. The Kier molecular flexibility index (Phi) is 4.80. The summed E-state index contributed by atoms with van der Waals surface area (Å²) in [7, 11) is 2.15. The van der Waals surface area contributed by atoms with Gasteiger partial charge in [0.1, 0.15) is 11.3 Å². The van der Waals surface area contributed by atoms with Crippen molar-refractivity contribution in [2.24, 2.45) is 5.11 Å². The number of imidazole rings is 1. The molecule has 2 aromatic heterocycles. The molecule has 3 aromatic rings. The number of likely N-dealkylation sites (N-methyl/N-ethyl adjacent to an activating group) is 1. The van der Waals surface area contributed by atoms with E-state index in [2.05, 4.69) is 31.9 Å². The van der Waals surface area contributed by atoms with Crippen molar-refractivity contribution in [3.63, 3.8) is 0 Å². The smallest absolute Gasteiger partial charge is 0.129 e. The number of pyridine rings is 1. The van der Waals surface area contributed by atoms with Crippen LogP contribution in [0.25, 0.3) is 21.9 Å². The highest BCUT2D eigenvalue weighted by atomic mass is 35.5. The third-order valence-electron chi connectivity index (χ3n) is 5.03. The third-order valence-corrected chi connectivity index (χ3v) is 5.26. The van der Waals surface area contributed by atoms with Gasteiger partial charge >= 0.3 is 0 Å². The molecule has 7 nitrogen and oxygen atoms in total. The van der Waals surface area contributed by atoms with Crippen LogP contribution < -0.4 is 5.32 Å². The molecule has 0 radical (unpaired) electrons. The number of halogens is 1. The van der Waals surface area contributed by atoms with Crippen LogP contribution in [0.2, 0.25) is 5.02 Å². The number of rotatable bonds is 5. The van der Waals surface area contributed by atoms with Crippen LogP contribution >= 0.6 is 11.6 Å². The highest BCUT2D eigenvalue weighted by Gasteiger charge is 2.26. The van der Waals surface area contributed by atoms with Gasteiger partial charge < -0.3 is 14.8 Å². The van der Waals surface area contributed by atoms with Crippen molar-refractivity contribution in [2.75, 3.05) is 20.1 Å². The highest BCUT2D eigenvalue weighted by Crippen LogP contribution is 2.32. The number of nitrogens with one attached hydrogen (secondary N) is 2. The minimum atomic E-state index is 0.354. The summed E-state index contributed by atoms with van der Waals surface area (Å²) in [5.74, 6) is 0.952. The van der Waals surface area contributed by atoms with E-state index < -0.39 is 0 Å². The molecule has 1 fully saturated rings. The third kappa shape index (κ3) is 3.40. The Morgan fingerprint density at radius 3 is 3.04 bits per heavy atom. The van der Waals surface area contributed by atoms with Crippen LogP contribution in [0, 0.1) is 5.53 Å². The first-order valence-electron chi connectivity index (χ1n) is 8.98. The van der Waals surface area contributed by atoms with Crippen molar-refractivity contribution >= 4 is 33.5 Å². The van der Waals surface area contributed by atoms with E-state index in [4.69, 9.17) is 22.1 Å². The molecule has 0 saturated carbocycles. The Bertz CT molecular complexity index is 1040. The molecule has 1 atom stereocenters. The zero-order valence-electron chi connectivity index (χ0n) is 15.4. The van der Waals surface area contributed by atoms with E-state index in [0.29, 0.717) is 23.3 Å². The maximum absolute atomic E-state index is 7.06. The molecule has 0 aliphatic carbocycles. The minimum Gasteiger partial charge on any atom is -0.382 e. The van der Waals surface area contributed by atoms with Gasteiger partial charge in [0.15, 0.2) is 0 Å². The summed E-state index contributed by atoms with van der Waals surface area (Å²) in [6.07, 6.45) is 4.66. The zero-order chi connectivity index (χ0) is 19.0. The van der Waals surface area contributed by atoms with Crippen molar-refractivity contribution in [2.45, 2.75) is 25.9 Å². The first kappa shape index (κ1) is 17.9. The number of likely N-dealkylation sites (tertiary alicyclic amines) is 1. The number of benzene rings is 1. The summed E-state index contributed by atoms with van der Waals surface area (Å²) in [6, 6.07) is 6.15. The Labute approximate surface area is 162 Å². The SMILES string of the molecule is C/C(=C/NCc1nc2cnc3ccc(Cl)cc3c2n1[C@@H]1CCN(C)C1)N=N. The second-order valence-electron chi connectivity index (χ2n) is 7.03. The van der Waals surface area contributed by atoms with Crippen LogP contribution in [0.15, 0.2) is 41.4 Å². The van der Waals surface area contributed by atoms with E-state index in [-0.39, 0.29) is 0 Å². The van der Waals surface area contributed by atoms with Gasteiger partial charge in [0.05, 0.1) is 29.5 Å². The minimum absolute atomic E-state index is 0.354. The van der Waals surface area contributed by atoms with Gasteiger partial charge in [-0.2, -0.15) is 5.11 Å². The molecule has 4 rings (SSSR count). The number of hydrogen-bond donors (Lipinski definition) is 2. The highest BCUT2D eigenvalue weighted by molar-refractivity contribution is 6.31. The van der Waals surface area contributed by atoms with Crippen molar-refractivity contribution in [1.82, 2.24) is 24.8 Å². The number of aromatic nitrogens is 3. The molecule has 8 heteroatoms. The normalized spacial score (nSPS) is 18.5. The van der Waals surface area contributed by atoms with Gasteiger partial charge in [-0.1, -0.05) is 11.6 Å². The van der Waals surface area contributed by atoms with Crippen LogP contribution in [0.3, 0.4) is 0 Å². The van der Waals surface area contributed by atoms with Gasteiger partial charge in [-0.15, -0.1) is 0 Å². The Morgan fingerprint density at radius 1 is 1.44 bits per heavy atom. The van der Waals surface area contributed by atoms with Crippen molar-refractivity contribution in [1.29, 1.82) is 5.53 Å². The topological polar surface area (TPSA) is 82.2 Å². The second kappa shape index (κ2) is 7.25. The molecule has 1 saturated heterocycles. The van der Waals surface area contributed by atoms with Crippen LogP contribution in [-0.2, 0) is 6.54 Å². The Morgan fingerprint density at radius 2 is 2.30 bits per heavy atom. The lowest BCUT2D eigenvalue weighted by Crippen LogP contribution is -2.20. The molecular weight excluding hydrogens is 362 g/mol. The molecule has 1 aromatic carbocycles. The zero-order valence-corrected chi connectivity index (χ0v) is 16.2. The molecule has 0 amide bonds. The molecule has 1 aliphatic heterocycles. The summed E-state index contributed by atoms with van der Waals surface area (Å²) in [5, 5.41) is 8.37. The molecular formula is C19H22ClN7. The monoisotopic (exact) mass is 383 g/mol. The maximum atomic E-state index is 7.06. The Hall–Kier alpha value is -2.51. The fourth-order valence-electron chi connectivity index (χ4n) is 3.76. The standard InChI is InChI=1S/C19H22ClN7/c1-12(25-21)8-22-10-18-24-17-9-23-16-4-3-13(20)7-15(16)19(17)27(18)14-5-6-26(2)11-14/h3-4,7-9,14,21-22H,5-6,10-11H2,1-2H3/b12-8-,25-21?/t14-/m1/s1. The summed E-state index contributed by atoms with van der Waals surface area (Å²) in [4.78, 5) is 11.7. The van der Waals surface area contributed by atoms with Crippen LogP contribution in [0.4, 0.5) is 0 Å². The maximum Gasteiger partial charge on any atom is 0.129 e. The largest absolute Gasteiger partial charge is 0.382 e. The molecule has 3 heterocycles. The first-order chi connectivity index (χ1) is 13.1. The predicted octanol–water partition coefficient (Wildman–Crippen LogP) is 4.10. The van der Waals surface area contributed by atoms with Gasteiger partial charge in [0.2, 0.25) is 0 Å². The fourth-order valence-corrected chi connectivity index (χ4v) is 3.93. The molecule has 1 aliphatic rings. The van der Waals surface area contributed by atoms with E-state index in [1.807, 2.05) is 24.4 Å². The molecule has 0 unspecified atom stereocenters. The number of allylic oxidation sites excluding steroid dienone is 1. The predicted molar refractivity (Wildman–Crippen MR) is 107 cm³/mol. The average molecular weight is 384 g/mol. The van der Waals surface area contributed by atoms with Crippen molar-refractivity contribution in [3.05, 3.63) is 47.1 Å². The number of fused-ring (bicyclic) bond motifs is 3. The van der Waals surface area contributed by atoms with Gasteiger partial charge in [-0.05, 0) is 45.1 Å². The second-order valence-corrected chi connectivity index (χ2v) is 7.47. The summed E-state index contributed by atoms with van der Waals surface area (Å²) in [5.41, 5.74) is 10.6. The number of hydrogen-bond acceptors (Lipinski definition) is 6. The summed E-state index contributed by atoms with van der Waals surface area (Å²) >= 11 is 6.28. The van der Waals surface area contributed by atoms with Crippen molar-refractivity contribution in [3.8, 4) is 0 Å². The lowest BCUT2D eigenvalue weighted by molar-refractivity contribution is 0.391. The lowest BCUT2D eigenvalue weighted by atomic mass is 10.1. The molecule has 140 valence electrons.